The number of hydrogen-bond donors (Lipinski definition) is 1. The van der Waals surface area contributed by atoms with Crippen molar-refractivity contribution in [3.63, 3.8) is 0 Å². The summed E-state index contributed by atoms with van der Waals surface area (Å²) in [5.41, 5.74) is 1.01. The number of hydrogen-bond acceptors (Lipinski definition) is 5. The second-order valence-corrected chi connectivity index (χ2v) is 4.14. The molecular weight excluding hydrogens is 266 g/mol. The molecule has 0 aliphatic carbocycles. The van der Waals surface area contributed by atoms with E-state index in [2.05, 4.69) is 29.2 Å². The van der Waals surface area contributed by atoms with Gasteiger partial charge >= 0.3 is 5.97 Å². The summed E-state index contributed by atoms with van der Waals surface area (Å²) >= 11 is 4.03. The molecule has 0 saturated carbocycles. The van der Waals surface area contributed by atoms with E-state index in [0.717, 1.165) is 0 Å². The Morgan fingerprint density at radius 2 is 2.21 bits per heavy atom. The second-order valence-electron chi connectivity index (χ2n) is 3.69. The Kier molecular flexibility index (Phi) is 5.39. The maximum absolute atomic E-state index is 11.6. The van der Waals surface area contributed by atoms with Crippen molar-refractivity contribution in [1.29, 1.82) is 0 Å². The number of esters is 1. The molecule has 0 spiro atoms. The van der Waals surface area contributed by atoms with Crippen LogP contribution in [0.1, 0.15) is 27.9 Å². The number of thiol groups is 1. The molecule has 1 aromatic carbocycles. The number of nitrogens with zero attached hydrogens (tertiary/aromatic N) is 1. The Balaban J connectivity index is 3.38. The molecule has 100 valence electrons. The molecule has 0 atom stereocenters. The smallest absolute Gasteiger partial charge is 0.338 e. The minimum absolute atomic E-state index is 0.159. The molecule has 0 radical (unpaired) electrons. The second kappa shape index (κ2) is 6.81. The molecule has 0 fully saturated rings. The third-order valence-electron chi connectivity index (χ3n) is 2.47. The van der Waals surface area contributed by atoms with E-state index >= 15 is 0 Å². The van der Waals surface area contributed by atoms with Gasteiger partial charge in [-0.3, -0.25) is 10.1 Å². The van der Waals surface area contributed by atoms with Gasteiger partial charge in [0.25, 0.3) is 5.69 Å². The van der Waals surface area contributed by atoms with Gasteiger partial charge in [-0.1, -0.05) is 11.8 Å². The lowest BCUT2D eigenvalue weighted by atomic mass is 10.0. The standard InChI is InChI=1S/C13H13NO4S/c1-9-10(5-3-4-6-19)7-11(14(16)17)8-12(9)13(15)18-2/h7-8,19H,4,6H2,1-2H3. The third-order valence-corrected chi connectivity index (χ3v) is 2.69. The van der Waals surface area contributed by atoms with Crippen LogP contribution in [0.2, 0.25) is 0 Å². The Hall–Kier alpha value is -2.00. The number of carbonyl (C=O) groups is 1. The van der Waals surface area contributed by atoms with Crippen LogP contribution in [0.15, 0.2) is 12.1 Å². The SMILES string of the molecule is COC(=O)c1cc([N+](=O)[O-])cc(C#CCCS)c1C. The largest absolute Gasteiger partial charge is 0.465 e. The lowest BCUT2D eigenvalue weighted by Crippen LogP contribution is -2.06. The van der Waals surface area contributed by atoms with E-state index < -0.39 is 10.9 Å². The summed E-state index contributed by atoms with van der Waals surface area (Å²) in [7, 11) is 1.23. The van der Waals surface area contributed by atoms with Gasteiger partial charge in [0.2, 0.25) is 0 Å². The van der Waals surface area contributed by atoms with E-state index in [1.165, 1.54) is 19.2 Å². The Morgan fingerprint density at radius 3 is 2.74 bits per heavy atom. The van der Waals surface area contributed by atoms with Gasteiger partial charge in [-0.2, -0.15) is 12.6 Å². The zero-order valence-electron chi connectivity index (χ0n) is 10.6. The average molecular weight is 279 g/mol. The minimum atomic E-state index is -0.613. The number of carbonyl (C=O) groups excluding carboxylic acids is 1. The molecule has 1 rings (SSSR count). The lowest BCUT2D eigenvalue weighted by molar-refractivity contribution is -0.384. The molecule has 0 N–H and O–H groups in total. The van der Waals surface area contributed by atoms with Crippen molar-refractivity contribution in [3.05, 3.63) is 38.9 Å². The molecular formula is C13H13NO4S. The summed E-state index contributed by atoms with van der Waals surface area (Å²) in [6, 6.07) is 2.55. The number of benzene rings is 1. The van der Waals surface area contributed by atoms with Crippen molar-refractivity contribution < 1.29 is 14.5 Å². The van der Waals surface area contributed by atoms with Crippen LogP contribution in [-0.2, 0) is 4.74 Å². The topological polar surface area (TPSA) is 69.4 Å². The zero-order valence-corrected chi connectivity index (χ0v) is 11.5. The fraction of sp³-hybridized carbons (Fsp3) is 0.308. The van der Waals surface area contributed by atoms with E-state index in [1.807, 2.05) is 0 Å². The zero-order chi connectivity index (χ0) is 14.4. The fourth-order valence-corrected chi connectivity index (χ4v) is 1.58. The van der Waals surface area contributed by atoms with Crippen LogP contribution >= 0.6 is 12.6 Å². The van der Waals surface area contributed by atoms with Crippen molar-refractivity contribution >= 4 is 24.3 Å². The van der Waals surface area contributed by atoms with Crippen molar-refractivity contribution in [2.24, 2.45) is 0 Å². The van der Waals surface area contributed by atoms with Gasteiger partial charge < -0.3 is 4.74 Å². The summed E-state index contributed by atoms with van der Waals surface area (Å²) in [6.07, 6.45) is 0.568. The number of non-ortho nitro benzene ring substituents is 1. The van der Waals surface area contributed by atoms with Crippen LogP contribution in [0.5, 0.6) is 0 Å². The fourth-order valence-electron chi connectivity index (χ4n) is 1.47. The Labute approximate surface area is 116 Å². The van der Waals surface area contributed by atoms with Crippen molar-refractivity contribution in [2.45, 2.75) is 13.3 Å². The number of nitro benzene ring substituents is 1. The van der Waals surface area contributed by atoms with Gasteiger partial charge in [-0.15, -0.1) is 0 Å². The van der Waals surface area contributed by atoms with E-state index in [0.29, 0.717) is 23.3 Å². The average Bonchev–Trinajstić information content (AvgIpc) is 2.39. The molecule has 0 amide bonds. The molecule has 0 aromatic heterocycles. The molecule has 1 aromatic rings. The highest BCUT2D eigenvalue weighted by molar-refractivity contribution is 7.80. The van der Waals surface area contributed by atoms with Crippen LogP contribution in [0, 0.1) is 28.9 Å². The molecule has 6 heteroatoms. The van der Waals surface area contributed by atoms with Crippen LogP contribution in [0.25, 0.3) is 0 Å². The van der Waals surface area contributed by atoms with Gasteiger partial charge in [0, 0.05) is 29.9 Å². The van der Waals surface area contributed by atoms with Crippen LogP contribution < -0.4 is 0 Å². The Morgan fingerprint density at radius 1 is 1.53 bits per heavy atom. The van der Waals surface area contributed by atoms with Crippen molar-refractivity contribution in [1.82, 2.24) is 0 Å². The molecule has 0 unspecified atom stereocenters. The van der Waals surface area contributed by atoms with Crippen LogP contribution in [-0.4, -0.2) is 23.8 Å². The first kappa shape index (κ1) is 15.1. The first-order chi connectivity index (χ1) is 9.01. The molecule has 0 heterocycles. The van der Waals surface area contributed by atoms with Gasteiger partial charge in [-0.05, 0) is 12.5 Å². The van der Waals surface area contributed by atoms with Gasteiger partial charge in [-0.25, -0.2) is 4.79 Å². The summed E-state index contributed by atoms with van der Waals surface area (Å²) in [6.45, 7) is 1.68. The highest BCUT2D eigenvalue weighted by atomic mass is 32.1. The van der Waals surface area contributed by atoms with Crippen LogP contribution in [0.3, 0.4) is 0 Å². The van der Waals surface area contributed by atoms with Crippen molar-refractivity contribution in [3.8, 4) is 11.8 Å². The van der Waals surface area contributed by atoms with E-state index in [9.17, 15) is 14.9 Å². The summed E-state index contributed by atoms with van der Waals surface area (Å²) in [4.78, 5) is 21.9. The van der Waals surface area contributed by atoms with E-state index in [4.69, 9.17) is 0 Å². The number of ether oxygens (including phenoxy) is 1. The monoisotopic (exact) mass is 279 g/mol. The highest BCUT2D eigenvalue weighted by Gasteiger charge is 2.18. The normalized spacial score (nSPS) is 9.42. The molecule has 0 aliphatic heterocycles. The summed E-state index contributed by atoms with van der Waals surface area (Å²) in [5.74, 6) is 5.65. The van der Waals surface area contributed by atoms with Gasteiger partial charge in [0.15, 0.2) is 0 Å². The lowest BCUT2D eigenvalue weighted by Gasteiger charge is -2.06. The third kappa shape index (κ3) is 3.73. The Bertz CT molecular complexity index is 572. The summed E-state index contributed by atoms with van der Waals surface area (Å²) < 4.78 is 4.61. The number of rotatable bonds is 3. The minimum Gasteiger partial charge on any atom is -0.465 e. The first-order valence-electron chi connectivity index (χ1n) is 5.48. The number of nitro groups is 1. The quantitative estimate of drug-likeness (QED) is 0.303. The molecule has 0 bridgehead atoms. The highest BCUT2D eigenvalue weighted by Crippen LogP contribution is 2.22. The predicted molar refractivity (Wildman–Crippen MR) is 74.5 cm³/mol. The number of methoxy groups -OCH3 is 1. The molecule has 0 aliphatic rings. The maximum atomic E-state index is 11.6. The predicted octanol–water partition coefficient (Wildman–Crippen LogP) is 2.36. The summed E-state index contributed by atoms with van der Waals surface area (Å²) in [5, 5.41) is 10.9. The van der Waals surface area contributed by atoms with E-state index in [-0.39, 0.29) is 11.3 Å². The van der Waals surface area contributed by atoms with Gasteiger partial charge in [0.1, 0.15) is 0 Å². The molecule has 5 nitrogen and oxygen atoms in total. The van der Waals surface area contributed by atoms with Crippen molar-refractivity contribution in [2.75, 3.05) is 12.9 Å². The molecule has 19 heavy (non-hydrogen) atoms. The first-order valence-corrected chi connectivity index (χ1v) is 6.11. The van der Waals surface area contributed by atoms with Gasteiger partial charge in [0.05, 0.1) is 17.6 Å². The van der Waals surface area contributed by atoms with Crippen LogP contribution in [0.4, 0.5) is 5.69 Å². The van der Waals surface area contributed by atoms with E-state index in [1.54, 1.807) is 6.92 Å². The molecule has 0 saturated heterocycles. The maximum Gasteiger partial charge on any atom is 0.338 e.